The van der Waals surface area contributed by atoms with Gasteiger partial charge in [0.15, 0.2) is 0 Å². The first-order valence-corrected chi connectivity index (χ1v) is 12.0. The molecule has 0 aromatic carbocycles. The van der Waals surface area contributed by atoms with Crippen molar-refractivity contribution in [2.75, 3.05) is 7.11 Å². The number of hydrogen-bond donors (Lipinski definition) is 2. The van der Waals surface area contributed by atoms with Crippen LogP contribution in [0.25, 0.3) is 0 Å². The lowest BCUT2D eigenvalue weighted by Crippen LogP contribution is -2.25. The smallest absolute Gasteiger partial charge is 0.305 e. The van der Waals surface area contributed by atoms with Gasteiger partial charge in [-0.05, 0) is 38.5 Å². The quantitative estimate of drug-likeness (QED) is 0.144. The summed E-state index contributed by atoms with van der Waals surface area (Å²) in [6, 6.07) is 0. The van der Waals surface area contributed by atoms with Crippen LogP contribution in [-0.2, 0) is 14.3 Å². The third-order valence-electron chi connectivity index (χ3n) is 6.20. The third-order valence-corrected chi connectivity index (χ3v) is 7.62. The van der Waals surface area contributed by atoms with Crippen LogP contribution in [0.4, 0.5) is 0 Å². The average molecular weight is 508 g/mol. The zero-order chi connectivity index (χ0) is 20.7. The summed E-state index contributed by atoms with van der Waals surface area (Å²) >= 11 is 2.43. The highest BCUT2D eigenvalue weighted by molar-refractivity contribution is 14.1. The van der Waals surface area contributed by atoms with Crippen LogP contribution in [0.1, 0.15) is 71.6 Å². The number of halogens is 1. The lowest BCUT2D eigenvalue weighted by Gasteiger charge is -2.23. The van der Waals surface area contributed by atoms with E-state index in [0.29, 0.717) is 22.7 Å². The van der Waals surface area contributed by atoms with Crippen molar-refractivity contribution in [2.24, 2.45) is 11.8 Å². The molecule has 1 aliphatic carbocycles. The van der Waals surface area contributed by atoms with Crippen molar-refractivity contribution in [3.05, 3.63) is 12.2 Å². The van der Waals surface area contributed by atoms with E-state index in [0.717, 1.165) is 44.9 Å². The van der Waals surface area contributed by atoms with E-state index in [2.05, 4.69) is 29.5 Å². The summed E-state index contributed by atoms with van der Waals surface area (Å²) in [6.07, 6.45) is 11.6. The van der Waals surface area contributed by atoms with Crippen LogP contribution in [0.5, 0.6) is 0 Å². The Labute approximate surface area is 183 Å². The van der Waals surface area contributed by atoms with Gasteiger partial charge in [-0.25, -0.2) is 0 Å². The minimum Gasteiger partial charge on any atom is -0.469 e. The first-order chi connectivity index (χ1) is 13.3. The molecule has 162 valence electrons. The van der Waals surface area contributed by atoms with Gasteiger partial charge in [-0.2, -0.15) is 0 Å². The maximum absolute atomic E-state index is 11.3. The van der Waals surface area contributed by atoms with E-state index < -0.39 is 11.7 Å². The molecule has 0 aromatic heterocycles. The monoisotopic (exact) mass is 508 g/mol. The molecule has 2 fully saturated rings. The second-order valence-electron chi connectivity index (χ2n) is 8.65. The van der Waals surface area contributed by atoms with E-state index in [1.165, 1.54) is 7.11 Å². The van der Waals surface area contributed by atoms with E-state index in [1.54, 1.807) is 0 Å². The van der Waals surface area contributed by atoms with Crippen LogP contribution < -0.4 is 0 Å². The fourth-order valence-corrected chi connectivity index (χ4v) is 5.39. The number of methoxy groups -OCH3 is 1. The fourth-order valence-electron chi connectivity index (χ4n) is 4.48. The molecule has 5 nitrogen and oxygen atoms in total. The predicted octanol–water partition coefficient (Wildman–Crippen LogP) is 4.18. The van der Waals surface area contributed by atoms with Gasteiger partial charge in [0.1, 0.15) is 0 Å². The molecule has 0 radical (unpaired) electrons. The van der Waals surface area contributed by atoms with Crippen molar-refractivity contribution in [3.63, 3.8) is 0 Å². The number of rotatable bonds is 11. The Bertz CT molecular complexity index is 521. The van der Waals surface area contributed by atoms with E-state index in [4.69, 9.17) is 9.47 Å². The maximum Gasteiger partial charge on any atom is 0.305 e. The number of esters is 1. The molecule has 0 amide bonds. The average Bonchev–Trinajstić information content (AvgIpc) is 3.17. The summed E-state index contributed by atoms with van der Waals surface area (Å²) in [5.41, 5.74) is -0.814. The number of alkyl halides is 1. The van der Waals surface area contributed by atoms with Gasteiger partial charge in [0, 0.05) is 22.7 Å². The maximum atomic E-state index is 11.3. The summed E-state index contributed by atoms with van der Waals surface area (Å²) in [7, 11) is 1.42. The molecule has 0 spiro atoms. The largest absolute Gasteiger partial charge is 0.469 e. The van der Waals surface area contributed by atoms with Crippen molar-refractivity contribution in [1.29, 1.82) is 0 Å². The number of aliphatic hydroxyl groups is 2. The molecular formula is C22H37IO5. The minimum atomic E-state index is -0.814. The topological polar surface area (TPSA) is 76.0 Å². The molecule has 2 rings (SSSR count). The Morgan fingerprint density at radius 3 is 2.79 bits per heavy atom. The highest BCUT2D eigenvalue weighted by atomic mass is 127. The summed E-state index contributed by atoms with van der Waals surface area (Å²) in [5.74, 6) is 0.194. The first-order valence-electron chi connectivity index (χ1n) is 10.7. The lowest BCUT2D eigenvalue weighted by atomic mass is 9.87. The van der Waals surface area contributed by atoms with Crippen molar-refractivity contribution < 1.29 is 24.5 Å². The van der Waals surface area contributed by atoms with Crippen LogP contribution in [0.15, 0.2) is 12.2 Å². The van der Waals surface area contributed by atoms with Gasteiger partial charge < -0.3 is 19.7 Å². The highest BCUT2D eigenvalue weighted by Gasteiger charge is 2.49. The van der Waals surface area contributed by atoms with E-state index in [9.17, 15) is 15.0 Å². The Morgan fingerprint density at radius 2 is 2.11 bits per heavy atom. The number of hydrogen-bond acceptors (Lipinski definition) is 5. The molecule has 0 aromatic rings. The molecule has 28 heavy (non-hydrogen) atoms. The van der Waals surface area contributed by atoms with Crippen molar-refractivity contribution in [1.82, 2.24) is 0 Å². The summed E-state index contributed by atoms with van der Waals surface area (Å²) in [5, 5.41) is 21.1. The third kappa shape index (κ3) is 6.96. The molecule has 6 heteroatoms. The van der Waals surface area contributed by atoms with Crippen molar-refractivity contribution >= 4 is 28.6 Å². The molecular weight excluding hydrogens is 471 g/mol. The second kappa shape index (κ2) is 11.3. The van der Waals surface area contributed by atoms with Gasteiger partial charge in [0.05, 0.1) is 31.0 Å². The Hall–Kier alpha value is -0.180. The van der Waals surface area contributed by atoms with Crippen LogP contribution in [0.3, 0.4) is 0 Å². The van der Waals surface area contributed by atoms with Crippen molar-refractivity contribution in [3.8, 4) is 0 Å². The zero-order valence-electron chi connectivity index (χ0n) is 17.5. The molecule has 1 saturated carbocycles. The van der Waals surface area contributed by atoms with Gasteiger partial charge in [-0.1, -0.05) is 60.9 Å². The standard InChI is InChI=1S/C22H37IO5/c1-4-5-6-11-22(2,26)12-10-15-16-13-20(28-19(16)14-18(15)24)17(23)8-7-9-21(25)27-3/h10,12,15-20,24,26H,4-9,11,13-14H2,1-3H3/b12-10+/t15-,16-,17?,18-,19-,20?,22?/m1/s1. The van der Waals surface area contributed by atoms with Gasteiger partial charge in [-0.15, -0.1) is 0 Å². The van der Waals surface area contributed by atoms with Crippen LogP contribution >= 0.6 is 22.6 Å². The van der Waals surface area contributed by atoms with Crippen LogP contribution in [0, 0.1) is 11.8 Å². The molecule has 7 atom stereocenters. The number of ether oxygens (including phenoxy) is 2. The fraction of sp³-hybridized carbons (Fsp3) is 0.864. The number of aliphatic hydroxyl groups excluding tert-OH is 1. The highest BCUT2D eigenvalue weighted by Crippen LogP contribution is 2.46. The first kappa shape index (κ1) is 24.1. The minimum absolute atomic E-state index is 0.0475. The Morgan fingerprint density at radius 1 is 1.36 bits per heavy atom. The number of unbranched alkanes of at least 4 members (excludes halogenated alkanes) is 2. The van der Waals surface area contributed by atoms with Gasteiger partial charge in [-0.3, -0.25) is 4.79 Å². The normalized spacial score (nSPS) is 33.0. The summed E-state index contributed by atoms with van der Waals surface area (Å²) in [4.78, 5) is 11.3. The summed E-state index contributed by atoms with van der Waals surface area (Å²) in [6.45, 7) is 4.01. The molecule has 1 aliphatic heterocycles. The SMILES string of the molecule is CCCCCC(C)(O)/C=C/[C@@H]1[C@H]2CC(C(I)CCCC(=O)OC)O[C@@H]2C[C@H]1O. The van der Waals surface area contributed by atoms with Crippen LogP contribution in [-0.4, -0.2) is 51.1 Å². The van der Waals surface area contributed by atoms with Gasteiger partial charge >= 0.3 is 5.97 Å². The number of carbonyl (C=O) groups is 1. The Balaban J connectivity index is 1.86. The number of fused-ring (bicyclic) bond motifs is 1. The van der Waals surface area contributed by atoms with E-state index >= 15 is 0 Å². The van der Waals surface area contributed by atoms with E-state index in [-0.39, 0.29) is 24.1 Å². The number of carbonyl (C=O) groups excluding carboxylic acids is 1. The molecule has 2 N–H and O–H groups in total. The van der Waals surface area contributed by atoms with Gasteiger partial charge in [0.2, 0.25) is 0 Å². The second-order valence-corrected chi connectivity index (χ2v) is 10.3. The van der Waals surface area contributed by atoms with Crippen molar-refractivity contribution in [2.45, 2.75) is 99.5 Å². The summed E-state index contributed by atoms with van der Waals surface area (Å²) < 4.78 is 11.3. The molecule has 1 saturated heterocycles. The Kier molecular flexibility index (Phi) is 9.70. The predicted molar refractivity (Wildman–Crippen MR) is 118 cm³/mol. The molecule has 1 heterocycles. The zero-order valence-corrected chi connectivity index (χ0v) is 19.6. The van der Waals surface area contributed by atoms with Gasteiger partial charge in [0.25, 0.3) is 0 Å². The molecule has 3 unspecified atom stereocenters. The lowest BCUT2D eigenvalue weighted by molar-refractivity contribution is -0.140. The molecule has 2 aliphatic rings. The molecule has 0 bridgehead atoms. The van der Waals surface area contributed by atoms with E-state index in [1.807, 2.05) is 19.1 Å². The van der Waals surface area contributed by atoms with Crippen LogP contribution in [0.2, 0.25) is 0 Å².